The summed E-state index contributed by atoms with van der Waals surface area (Å²) in [4.78, 5) is 0. The van der Waals surface area contributed by atoms with Crippen LogP contribution in [-0.4, -0.2) is 180 Å². The molecule has 0 amide bonds. The highest BCUT2D eigenvalue weighted by atomic mass is 16.8. The van der Waals surface area contributed by atoms with E-state index < -0.39 is 109 Å². The Hall–Kier alpha value is -0.680. The first-order valence-corrected chi connectivity index (χ1v) is 23.2. The van der Waals surface area contributed by atoms with Gasteiger partial charge >= 0.3 is 0 Å². The molecule has 4 saturated heterocycles. The van der Waals surface area contributed by atoms with Gasteiger partial charge in [0, 0.05) is 5.92 Å². The lowest BCUT2D eigenvalue weighted by Crippen LogP contribution is -2.65. The van der Waals surface area contributed by atoms with Crippen molar-refractivity contribution in [2.24, 2.45) is 44.8 Å². The zero-order valence-electron chi connectivity index (χ0n) is 37.3. The molecular formula is C45H74O17. The van der Waals surface area contributed by atoms with Crippen LogP contribution < -0.4 is 0 Å². The number of rotatable bonds is 8. The molecule has 24 atom stereocenters. The van der Waals surface area contributed by atoms with Gasteiger partial charge in [0.15, 0.2) is 18.9 Å². The molecule has 356 valence electrons. The summed E-state index contributed by atoms with van der Waals surface area (Å²) in [6.45, 7) is 13.8. The van der Waals surface area contributed by atoms with Crippen LogP contribution in [0, 0.1) is 44.8 Å². The number of fused-ring (bicyclic) bond motifs is 2. The Morgan fingerprint density at radius 2 is 1.15 bits per heavy atom. The molecule has 9 aliphatic rings. The summed E-state index contributed by atoms with van der Waals surface area (Å²) in [6.07, 6.45) is -12.2. The molecule has 0 aromatic rings. The first-order chi connectivity index (χ1) is 28.8. The molecule has 0 bridgehead atoms. The predicted molar refractivity (Wildman–Crippen MR) is 214 cm³/mol. The molecule has 4 heterocycles. The third-order valence-electron chi connectivity index (χ3n) is 18.9. The molecule has 9 rings (SSSR count). The summed E-state index contributed by atoms with van der Waals surface area (Å²) in [7, 11) is 0. The van der Waals surface area contributed by atoms with Gasteiger partial charge in [0.1, 0.15) is 54.9 Å². The predicted octanol–water partition coefficient (Wildman–Crippen LogP) is -0.173. The second kappa shape index (κ2) is 15.4. The van der Waals surface area contributed by atoms with Crippen LogP contribution in [0.25, 0.3) is 0 Å². The van der Waals surface area contributed by atoms with Crippen molar-refractivity contribution in [3.05, 3.63) is 0 Å². The van der Waals surface area contributed by atoms with Gasteiger partial charge in [0.05, 0.1) is 55.4 Å². The maximum atomic E-state index is 12.3. The monoisotopic (exact) mass is 886 g/mol. The third-order valence-corrected chi connectivity index (χ3v) is 18.9. The summed E-state index contributed by atoms with van der Waals surface area (Å²) < 4.78 is 44.0. The minimum absolute atomic E-state index is 0.0927. The van der Waals surface area contributed by atoms with Crippen LogP contribution in [0.15, 0.2) is 0 Å². The van der Waals surface area contributed by atoms with E-state index in [1.165, 1.54) is 0 Å². The highest BCUT2D eigenvalue weighted by Crippen LogP contribution is 2.89. The van der Waals surface area contributed by atoms with Crippen molar-refractivity contribution >= 4 is 0 Å². The Balaban J connectivity index is 1.03. The average molecular weight is 887 g/mol. The minimum Gasteiger partial charge on any atom is -0.393 e. The van der Waals surface area contributed by atoms with Gasteiger partial charge in [-0.2, -0.15) is 0 Å². The molecule has 4 aliphatic heterocycles. The Morgan fingerprint density at radius 3 is 1.74 bits per heavy atom. The fourth-order valence-corrected chi connectivity index (χ4v) is 15.8. The first kappa shape index (κ1) is 46.4. The fraction of sp³-hybridized carbons (Fsp3) is 1.00. The second-order valence-electron chi connectivity index (χ2n) is 23.0. The van der Waals surface area contributed by atoms with Crippen molar-refractivity contribution in [1.82, 2.24) is 0 Å². The van der Waals surface area contributed by atoms with E-state index in [1.54, 1.807) is 13.8 Å². The molecule has 17 nitrogen and oxygen atoms in total. The van der Waals surface area contributed by atoms with E-state index in [0.717, 1.165) is 32.1 Å². The zero-order chi connectivity index (χ0) is 44.9. The van der Waals surface area contributed by atoms with E-state index >= 15 is 0 Å². The number of hydrogen-bond acceptors (Lipinski definition) is 17. The summed E-state index contributed by atoms with van der Waals surface area (Å²) in [6, 6.07) is 0. The Labute approximate surface area is 363 Å². The Morgan fingerprint density at radius 1 is 0.565 bits per heavy atom. The van der Waals surface area contributed by atoms with E-state index in [2.05, 4.69) is 34.6 Å². The van der Waals surface area contributed by atoms with Gasteiger partial charge < -0.3 is 84.2 Å². The molecule has 62 heavy (non-hydrogen) atoms. The maximum Gasteiger partial charge on any atom is 0.186 e. The van der Waals surface area contributed by atoms with Crippen LogP contribution in [0.1, 0.15) is 106 Å². The molecule has 5 aliphatic carbocycles. The van der Waals surface area contributed by atoms with Crippen LogP contribution in [0.2, 0.25) is 0 Å². The van der Waals surface area contributed by atoms with Gasteiger partial charge in [-0.25, -0.2) is 0 Å². The molecule has 5 saturated carbocycles. The highest BCUT2D eigenvalue weighted by molar-refractivity contribution is 5.33. The standard InChI is InChI=1S/C45H74O17/c1-39(2)26(60-38-33(30(52)23(49)18-58-38)61-37-32(54)29(51)22(48)17-57-37)9-11-45-19-44(45)13-12-41(5)34(43(7)10-8-27(62-43)40(3,4)55)20(46)15-42(41,6)25(44)14-24(35(39)45)59-36-31(53)28(50)21(47)16-56-36/h20-38,46-55H,8-19H2,1-7H3/t20-,21-,22-,23-,24-,25-,26-,27-,28-,29-,30-,31-,32+,33-,34-,35+,36-,37-,38-,41+,42-,43+,44-,45+/m0/s1. The van der Waals surface area contributed by atoms with E-state index in [9.17, 15) is 51.1 Å². The second-order valence-corrected chi connectivity index (χ2v) is 23.0. The maximum absolute atomic E-state index is 12.3. The molecule has 2 spiro atoms. The van der Waals surface area contributed by atoms with Gasteiger partial charge in [-0.05, 0) is 117 Å². The summed E-state index contributed by atoms with van der Waals surface area (Å²) in [5.74, 6) is -0.256. The quantitative estimate of drug-likeness (QED) is 0.142. The van der Waals surface area contributed by atoms with Crippen molar-refractivity contribution in [2.75, 3.05) is 19.8 Å². The van der Waals surface area contributed by atoms with Crippen LogP contribution in [0.4, 0.5) is 0 Å². The van der Waals surface area contributed by atoms with Crippen LogP contribution in [0.3, 0.4) is 0 Å². The number of hydrogen-bond donors (Lipinski definition) is 10. The lowest BCUT2D eigenvalue weighted by atomic mass is 9.41. The van der Waals surface area contributed by atoms with Gasteiger partial charge in [0.2, 0.25) is 0 Å². The number of ether oxygens (including phenoxy) is 7. The molecule has 0 aromatic carbocycles. The van der Waals surface area contributed by atoms with E-state index in [-0.39, 0.29) is 65.3 Å². The fourth-order valence-electron chi connectivity index (χ4n) is 15.8. The smallest absolute Gasteiger partial charge is 0.186 e. The van der Waals surface area contributed by atoms with Crippen molar-refractivity contribution in [1.29, 1.82) is 0 Å². The van der Waals surface area contributed by atoms with E-state index in [4.69, 9.17) is 33.2 Å². The van der Waals surface area contributed by atoms with Crippen molar-refractivity contribution in [3.63, 3.8) is 0 Å². The molecular weight excluding hydrogens is 812 g/mol. The molecule has 0 unspecified atom stereocenters. The number of aliphatic hydroxyl groups excluding tert-OH is 9. The van der Waals surface area contributed by atoms with Crippen LogP contribution in [0.5, 0.6) is 0 Å². The highest BCUT2D eigenvalue weighted by Gasteiger charge is 2.85. The molecule has 9 fully saturated rings. The summed E-state index contributed by atoms with van der Waals surface area (Å²) >= 11 is 0. The summed E-state index contributed by atoms with van der Waals surface area (Å²) in [5.41, 5.74) is -3.33. The van der Waals surface area contributed by atoms with Crippen LogP contribution in [-0.2, 0) is 33.2 Å². The average Bonchev–Trinajstić information content (AvgIpc) is 3.56. The SMILES string of the molecule is CC(C)(O)[C@@H]1CC[C@](C)([C@H]2[C@@H](O)C[C@@]3(C)[C@@H]4C[C@H](O[C@@H]5OC[C@H](O)[C@H](O)[C@@H]5O)[C@@H]5C(C)(C)[C@@H](O[C@@H]6OC[C@H](O)[C@H](O)[C@@H]6O[C@@H]6OC[C@H](O)[C@H](O)[C@H]6O)CC[C@@]56C[C@@]46CC[C@]23C)O1. The van der Waals surface area contributed by atoms with Crippen molar-refractivity contribution in [2.45, 2.75) is 216 Å². The molecule has 0 radical (unpaired) electrons. The Kier molecular flexibility index (Phi) is 11.5. The van der Waals surface area contributed by atoms with Crippen molar-refractivity contribution in [3.8, 4) is 0 Å². The molecule has 10 N–H and O–H groups in total. The van der Waals surface area contributed by atoms with Gasteiger partial charge in [0.25, 0.3) is 0 Å². The van der Waals surface area contributed by atoms with Crippen molar-refractivity contribution < 1.29 is 84.2 Å². The van der Waals surface area contributed by atoms with E-state index in [0.29, 0.717) is 25.7 Å². The van der Waals surface area contributed by atoms with Gasteiger partial charge in [-0.15, -0.1) is 0 Å². The van der Waals surface area contributed by atoms with E-state index in [1.807, 2.05) is 0 Å². The van der Waals surface area contributed by atoms with Gasteiger partial charge in [-0.3, -0.25) is 0 Å². The zero-order valence-corrected chi connectivity index (χ0v) is 37.3. The third kappa shape index (κ3) is 6.72. The minimum atomic E-state index is -1.65. The lowest BCUT2D eigenvalue weighted by Gasteiger charge is -2.65. The summed E-state index contributed by atoms with van der Waals surface area (Å²) in [5, 5.41) is 109. The molecule has 17 heteroatoms. The normalized spacial score (nSPS) is 58.5. The van der Waals surface area contributed by atoms with Crippen LogP contribution >= 0.6 is 0 Å². The largest absolute Gasteiger partial charge is 0.393 e. The van der Waals surface area contributed by atoms with Gasteiger partial charge in [-0.1, -0.05) is 27.7 Å². The topological polar surface area (TPSA) is 267 Å². The first-order valence-electron chi connectivity index (χ1n) is 23.2. The number of aliphatic hydroxyl groups is 10. The molecule has 0 aromatic heterocycles. The lowest BCUT2D eigenvalue weighted by molar-refractivity contribution is -0.359. The Bertz CT molecular complexity index is 1660.